The van der Waals surface area contributed by atoms with Crippen LogP contribution in [0.4, 0.5) is 23.2 Å². The highest BCUT2D eigenvalue weighted by Gasteiger charge is 2.34. The monoisotopic (exact) mass is 255 g/mol. The minimum atomic E-state index is -4.69. The first kappa shape index (κ1) is 12.8. The van der Waals surface area contributed by atoms with Gasteiger partial charge in [0.1, 0.15) is 5.82 Å². The van der Waals surface area contributed by atoms with Crippen molar-refractivity contribution in [1.29, 1.82) is 0 Å². The molecule has 16 heavy (non-hydrogen) atoms. The third-order valence-electron chi connectivity index (χ3n) is 1.73. The van der Waals surface area contributed by atoms with Crippen molar-refractivity contribution in [2.45, 2.75) is 17.3 Å². The van der Waals surface area contributed by atoms with Gasteiger partial charge in [-0.15, -0.1) is 0 Å². The summed E-state index contributed by atoms with van der Waals surface area (Å²) in [6.07, 6.45) is 0. The van der Waals surface area contributed by atoms with E-state index in [-0.39, 0.29) is 5.56 Å². The summed E-state index contributed by atoms with van der Waals surface area (Å²) in [5, 5.41) is 10.5. The predicted octanol–water partition coefficient (Wildman–Crippen LogP) is 3.65. The molecule has 0 unspecified atom stereocenters. The second-order valence-corrected chi connectivity index (χ2v) is 3.90. The molecule has 88 valence electrons. The zero-order valence-electron chi connectivity index (χ0n) is 7.84. The summed E-state index contributed by atoms with van der Waals surface area (Å²) in [6, 6.07) is 1.49. The van der Waals surface area contributed by atoms with Crippen LogP contribution in [-0.2, 0) is 0 Å². The first-order valence-corrected chi connectivity index (χ1v) is 4.73. The molecule has 0 radical (unpaired) electrons. The van der Waals surface area contributed by atoms with Crippen molar-refractivity contribution in [2.75, 3.05) is 0 Å². The normalized spacial score (nSPS) is 11.6. The number of nitro benzene ring substituents is 1. The lowest BCUT2D eigenvalue weighted by Gasteiger charge is -2.09. The van der Waals surface area contributed by atoms with Crippen LogP contribution in [0.3, 0.4) is 0 Å². The average Bonchev–Trinajstić information content (AvgIpc) is 2.10. The van der Waals surface area contributed by atoms with Gasteiger partial charge < -0.3 is 0 Å². The molecule has 0 aliphatic rings. The molecule has 0 aliphatic carbocycles. The van der Waals surface area contributed by atoms with Gasteiger partial charge in [-0.1, -0.05) is 0 Å². The van der Waals surface area contributed by atoms with E-state index in [1.54, 1.807) is 0 Å². The summed E-state index contributed by atoms with van der Waals surface area (Å²) in [4.78, 5) is 8.79. The van der Waals surface area contributed by atoms with E-state index in [0.29, 0.717) is 0 Å². The number of hydrogen-bond acceptors (Lipinski definition) is 3. The van der Waals surface area contributed by atoms with Crippen LogP contribution >= 0.6 is 11.8 Å². The Bertz CT molecular complexity index is 433. The van der Waals surface area contributed by atoms with Crippen molar-refractivity contribution < 1.29 is 22.5 Å². The Morgan fingerprint density at radius 2 is 1.94 bits per heavy atom. The van der Waals surface area contributed by atoms with E-state index in [1.165, 1.54) is 0 Å². The van der Waals surface area contributed by atoms with Gasteiger partial charge in [-0.3, -0.25) is 10.1 Å². The Kier molecular flexibility index (Phi) is 3.41. The molecule has 0 bridgehead atoms. The molecule has 0 spiro atoms. The zero-order chi connectivity index (χ0) is 12.5. The highest BCUT2D eigenvalue weighted by molar-refractivity contribution is 8.00. The maximum atomic E-state index is 13.0. The quantitative estimate of drug-likeness (QED) is 0.350. The van der Waals surface area contributed by atoms with E-state index in [0.717, 1.165) is 19.1 Å². The van der Waals surface area contributed by atoms with Crippen LogP contribution in [0.15, 0.2) is 17.0 Å². The van der Waals surface area contributed by atoms with Gasteiger partial charge in [-0.2, -0.15) is 13.2 Å². The fourth-order valence-corrected chi connectivity index (χ4v) is 1.77. The molecule has 0 aliphatic heterocycles. The molecule has 0 heterocycles. The fraction of sp³-hybridized carbons (Fsp3) is 0.250. The summed E-state index contributed by atoms with van der Waals surface area (Å²) < 4.78 is 49.3. The smallest absolute Gasteiger partial charge is 0.258 e. The Labute approximate surface area is 91.6 Å². The van der Waals surface area contributed by atoms with Gasteiger partial charge in [0.05, 0.1) is 9.82 Å². The Hall–Kier alpha value is -1.31. The first-order valence-electron chi connectivity index (χ1n) is 3.91. The fourth-order valence-electron chi connectivity index (χ4n) is 1.04. The number of thioether (sulfide) groups is 1. The van der Waals surface area contributed by atoms with E-state index >= 15 is 0 Å². The largest absolute Gasteiger partial charge is 0.446 e. The molecule has 0 amide bonds. The zero-order valence-corrected chi connectivity index (χ0v) is 8.66. The molecule has 0 atom stereocenters. The molecule has 0 aromatic heterocycles. The third-order valence-corrected chi connectivity index (χ3v) is 2.68. The summed E-state index contributed by atoms with van der Waals surface area (Å²) >= 11 is -0.685. The van der Waals surface area contributed by atoms with Crippen LogP contribution in [0.1, 0.15) is 5.56 Å². The SMILES string of the molecule is Cc1c(F)ccc([N+](=O)[O-])c1SC(F)(F)F. The Morgan fingerprint density at radius 1 is 1.38 bits per heavy atom. The lowest BCUT2D eigenvalue weighted by Crippen LogP contribution is -2.03. The number of alkyl halides is 3. The van der Waals surface area contributed by atoms with Gasteiger partial charge in [0.2, 0.25) is 0 Å². The first-order chi connectivity index (χ1) is 7.22. The van der Waals surface area contributed by atoms with Crippen molar-refractivity contribution in [3.8, 4) is 0 Å². The van der Waals surface area contributed by atoms with Crippen LogP contribution in [0.25, 0.3) is 0 Å². The van der Waals surface area contributed by atoms with Crippen LogP contribution < -0.4 is 0 Å². The van der Waals surface area contributed by atoms with Crippen molar-refractivity contribution in [1.82, 2.24) is 0 Å². The number of nitro groups is 1. The standard InChI is InChI=1S/C8H5F4NO2S/c1-4-5(9)2-3-6(13(14)15)7(4)16-8(10,11)12/h2-3H,1H3. The van der Waals surface area contributed by atoms with Crippen molar-refractivity contribution in [2.24, 2.45) is 0 Å². The van der Waals surface area contributed by atoms with Crippen LogP contribution in [0, 0.1) is 22.9 Å². The van der Waals surface area contributed by atoms with Crippen molar-refractivity contribution in [3.05, 3.63) is 33.6 Å². The highest BCUT2D eigenvalue weighted by Crippen LogP contribution is 2.43. The van der Waals surface area contributed by atoms with E-state index in [1.807, 2.05) is 0 Å². The molecule has 0 saturated heterocycles. The lowest BCUT2D eigenvalue weighted by molar-refractivity contribution is -0.387. The Morgan fingerprint density at radius 3 is 2.38 bits per heavy atom. The summed E-state index contributed by atoms with van der Waals surface area (Å²) in [5.74, 6) is -0.905. The molecule has 0 saturated carbocycles. The Balaban J connectivity index is 3.32. The van der Waals surface area contributed by atoms with Gasteiger partial charge in [0.25, 0.3) is 5.69 Å². The average molecular weight is 255 g/mol. The molecule has 1 aromatic rings. The topological polar surface area (TPSA) is 43.1 Å². The number of nitrogens with zero attached hydrogens (tertiary/aromatic N) is 1. The van der Waals surface area contributed by atoms with Crippen LogP contribution in [0.5, 0.6) is 0 Å². The second kappa shape index (κ2) is 4.28. The summed E-state index contributed by atoms with van der Waals surface area (Å²) in [5.41, 5.74) is -5.82. The molecular formula is C8H5F4NO2S. The molecule has 8 heteroatoms. The minimum absolute atomic E-state index is 0.378. The van der Waals surface area contributed by atoms with Crippen LogP contribution in [0.2, 0.25) is 0 Å². The highest BCUT2D eigenvalue weighted by atomic mass is 32.2. The van der Waals surface area contributed by atoms with Gasteiger partial charge in [-0.25, -0.2) is 4.39 Å². The molecule has 0 N–H and O–H groups in total. The molecular weight excluding hydrogens is 250 g/mol. The lowest BCUT2D eigenvalue weighted by atomic mass is 10.2. The molecule has 1 aromatic carbocycles. The van der Waals surface area contributed by atoms with E-state index in [9.17, 15) is 27.7 Å². The number of rotatable bonds is 2. The predicted molar refractivity (Wildman–Crippen MR) is 49.7 cm³/mol. The number of halogens is 4. The molecule has 0 fully saturated rings. The van der Waals surface area contributed by atoms with Crippen molar-refractivity contribution >= 4 is 17.4 Å². The van der Waals surface area contributed by atoms with E-state index in [4.69, 9.17) is 0 Å². The maximum absolute atomic E-state index is 13.0. The number of benzene rings is 1. The van der Waals surface area contributed by atoms with E-state index < -0.39 is 38.6 Å². The van der Waals surface area contributed by atoms with Crippen LogP contribution in [-0.4, -0.2) is 10.4 Å². The van der Waals surface area contributed by atoms with Gasteiger partial charge in [-0.05, 0) is 24.8 Å². The molecule has 1 rings (SSSR count). The van der Waals surface area contributed by atoms with Gasteiger partial charge >= 0.3 is 5.51 Å². The minimum Gasteiger partial charge on any atom is -0.258 e. The summed E-state index contributed by atoms with van der Waals surface area (Å²) in [7, 11) is 0. The summed E-state index contributed by atoms with van der Waals surface area (Å²) in [6.45, 7) is 1.07. The number of hydrogen-bond donors (Lipinski definition) is 0. The molecule has 3 nitrogen and oxygen atoms in total. The van der Waals surface area contributed by atoms with E-state index in [2.05, 4.69) is 0 Å². The second-order valence-electron chi connectivity index (χ2n) is 2.83. The van der Waals surface area contributed by atoms with Gasteiger partial charge in [0.15, 0.2) is 0 Å². The maximum Gasteiger partial charge on any atom is 0.446 e. The van der Waals surface area contributed by atoms with Crippen molar-refractivity contribution in [3.63, 3.8) is 0 Å². The third kappa shape index (κ3) is 2.84. The van der Waals surface area contributed by atoms with Gasteiger partial charge in [0, 0.05) is 11.6 Å².